The average Bonchev–Trinajstić information content (AvgIpc) is 2.58. The predicted octanol–water partition coefficient (Wildman–Crippen LogP) is 1.58. The van der Waals surface area contributed by atoms with E-state index in [9.17, 15) is 4.79 Å². The van der Waals surface area contributed by atoms with Gasteiger partial charge in [-0.05, 0) is 31.3 Å². The van der Waals surface area contributed by atoms with Gasteiger partial charge in [-0.1, -0.05) is 24.3 Å². The Labute approximate surface area is 142 Å². The van der Waals surface area contributed by atoms with Crippen LogP contribution in [0.2, 0.25) is 0 Å². The molecule has 0 radical (unpaired) electrons. The number of amides is 1. The van der Waals surface area contributed by atoms with E-state index >= 15 is 0 Å². The maximum absolute atomic E-state index is 13.0. The number of benzene rings is 1. The van der Waals surface area contributed by atoms with Gasteiger partial charge in [-0.2, -0.15) is 0 Å². The number of carbonyl (C=O) groups excluding carboxylic acids is 1. The molecule has 1 aromatic heterocycles. The number of pyridine rings is 1. The highest BCUT2D eigenvalue weighted by Crippen LogP contribution is 2.24. The molecule has 2 N–H and O–H groups in total. The summed E-state index contributed by atoms with van der Waals surface area (Å²) in [4.78, 5) is 23.4. The molecule has 0 bridgehead atoms. The summed E-state index contributed by atoms with van der Waals surface area (Å²) in [6.45, 7) is 4.13. The van der Waals surface area contributed by atoms with Crippen molar-refractivity contribution in [1.29, 1.82) is 0 Å². The normalized spacial score (nSPS) is 16.0. The van der Waals surface area contributed by atoms with Crippen LogP contribution in [0.4, 0.5) is 17.3 Å². The fourth-order valence-corrected chi connectivity index (χ4v) is 2.81. The second kappa shape index (κ2) is 7.42. The van der Waals surface area contributed by atoms with Crippen LogP contribution >= 0.6 is 0 Å². The minimum Gasteiger partial charge on any atom is -0.384 e. The Bertz CT molecular complexity index is 683. The van der Waals surface area contributed by atoms with E-state index in [-0.39, 0.29) is 5.91 Å². The quantitative estimate of drug-likeness (QED) is 0.924. The zero-order valence-electron chi connectivity index (χ0n) is 13.9. The van der Waals surface area contributed by atoms with Crippen molar-refractivity contribution in [3.05, 3.63) is 48.5 Å². The standard InChI is InChI=1S/C18H23N5O/c1-21-10-12-22(13-11-21)14-18(24)23(15-6-3-2-4-7-15)17-9-5-8-16(19)20-17/h2-9H,10-14H2,1H3,(H2,19,20). The number of nitrogens with zero attached hydrogens (tertiary/aromatic N) is 4. The molecule has 0 spiro atoms. The molecule has 1 fully saturated rings. The molecule has 0 unspecified atom stereocenters. The number of nitrogen functional groups attached to an aromatic ring is 1. The summed E-state index contributed by atoms with van der Waals surface area (Å²) < 4.78 is 0. The Balaban J connectivity index is 1.83. The van der Waals surface area contributed by atoms with E-state index in [1.165, 1.54) is 0 Å². The Morgan fingerprint density at radius 2 is 1.79 bits per heavy atom. The van der Waals surface area contributed by atoms with Crippen LogP contribution in [-0.4, -0.2) is 60.5 Å². The molecule has 0 aliphatic carbocycles. The van der Waals surface area contributed by atoms with Gasteiger partial charge in [0.25, 0.3) is 0 Å². The first-order valence-electron chi connectivity index (χ1n) is 8.15. The van der Waals surface area contributed by atoms with Crippen LogP contribution in [0.5, 0.6) is 0 Å². The van der Waals surface area contributed by atoms with Gasteiger partial charge < -0.3 is 10.6 Å². The molecule has 0 atom stereocenters. The topological polar surface area (TPSA) is 65.7 Å². The maximum Gasteiger partial charge on any atom is 0.246 e. The number of hydrogen-bond donors (Lipinski definition) is 1. The minimum absolute atomic E-state index is 0.00357. The SMILES string of the molecule is CN1CCN(CC(=O)N(c2ccccc2)c2cccc(N)n2)CC1. The van der Waals surface area contributed by atoms with Crippen molar-refractivity contribution in [1.82, 2.24) is 14.8 Å². The van der Waals surface area contributed by atoms with E-state index in [0.29, 0.717) is 18.2 Å². The molecule has 24 heavy (non-hydrogen) atoms. The Kier molecular flexibility index (Phi) is 5.08. The number of hydrogen-bond acceptors (Lipinski definition) is 5. The summed E-state index contributed by atoms with van der Waals surface area (Å²) >= 11 is 0. The summed E-state index contributed by atoms with van der Waals surface area (Å²) in [7, 11) is 2.10. The minimum atomic E-state index is 0.00357. The molecule has 1 aliphatic heterocycles. The highest BCUT2D eigenvalue weighted by atomic mass is 16.2. The lowest BCUT2D eigenvalue weighted by Gasteiger charge is -2.33. The van der Waals surface area contributed by atoms with Gasteiger partial charge in [0.05, 0.1) is 12.2 Å². The van der Waals surface area contributed by atoms with Crippen molar-refractivity contribution in [2.45, 2.75) is 0 Å². The first-order valence-corrected chi connectivity index (χ1v) is 8.15. The van der Waals surface area contributed by atoms with Gasteiger partial charge in [0, 0.05) is 26.2 Å². The van der Waals surface area contributed by atoms with Crippen LogP contribution in [0.15, 0.2) is 48.5 Å². The molecule has 6 heteroatoms. The third-order valence-corrected chi connectivity index (χ3v) is 4.20. The van der Waals surface area contributed by atoms with Crippen molar-refractivity contribution in [2.24, 2.45) is 0 Å². The van der Waals surface area contributed by atoms with Crippen molar-refractivity contribution >= 4 is 23.2 Å². The first kappa shape index (κ1) is 16.4. The number of likely N-dealkylation sites (N-methyl/N-ethyl adjacent to an activating group) is 1. The fourth-order valence-electron chi connectivity index (χ4n) is 2.81. The van der Waals surface area contributed by atoms with Gasteiger partial charge >= 0.3 is 0 Å². The van der Waals surface area contributed by atoms with Gasteiger partial charge in [-0.15, -0.1) is 0 Å². The number of aromatic nitrogens is 1. The second-order valence-corrected chi connectivity index (χ2v) is 6.06. The third-order valence-electron chi connectivity index (χ3n) is 4.20. The zero-order chi connectivity index (χ0) is 16.9. The smallest absolute Gasteiger partial charge is 0.246 e. The number of rotatable bonds is 4. The Morgan fingerprint density at radius 3 is 2.46 bits per heavy atom. The van der Waals surface area contributed by atoms with E-state index in [4.69, 9.17) is 5.73 Å². The number of carbonyl (C=O) groups is 1. The lowest BCUT2D eigenvalue weighted by Crippen LogP contribution is -2.48. The molecule has 1 saturated heterocycles. The monoisotopic (exact) mass is 325 g/mol. The van der Waals surface area contributed by atoms with E-state index in [1.54, 1.807) is 11.0 Å². The number of nitrogens with two attached hydrogens (primary N) is 1. The molecule has 3 rings (SSSR count). The van der Waals surface area contributed by atoms with Crippen LogP contribution in [0, 0.1) is 0 Å². The van der Waals surface area contributed by atoms with E-state index in [0.717, 1.165) is 31.9 Å². The summed E-state index contributed by atoms with van der Waals surface area (Å²) in [6, 6.07) is 14.9. The van der Waals surface area contributed by atoms with Gasteiger partial charge in [0.1, 0.15) is 11.6 Å². The van der Waals surface area contributed by atoms with Crippen LogP contribution < -0.4 is 10.6 Å². The Morgan fingerprint density at radius 1 is 1.08 bits per heavy atom. The third kappa shape index (κ3) is 3.90. The highest BCUT2D eigenvalue weighted by Gasteiger charge is 2.23. The van der Waals surface area contributed by atoms with Crippen LogP contribution in [0.3, 0.4) is 0 Å². The van der Waals surface area contributed by atoms with Gasteiger partial charge in [-0.25, -0.2) is 4.98 Å². The summed E-state index contributed by atoms with van der Waals surface area (Å²) in [5.74, 6) is 0.963. The van der Waals surface area contributed by atoms with E-state index in [2.05, 4.69) is 21.8 Å². The summed E-state index contributed by atoms with van der Waals surface area (Å²) in [5, 5.41) is 0. The fraction of sp³-hybridized carbons (Fsp3) is 0.333. The van der Waals surface area contributed by atoms with Crippen molar-refractivity contribution < 1.29 is 4.79 Å². The number of piperazine rings is 1. The molecule has 1 aromatic carbocycles. The number of para-hydroxylation sites is 1. The largest absolute Gasteiger partial charge is 0.384 e. The van der Waals surface area contributed by atoms with E-state index < -0.39 is 0 Å². The molecule has 1 amide bonds. The molecular weight excluding hydrogens is 302 g/mol. The predicted molar refractivity (Wildman–Crippen MR) is 96.2 cm³/mol. The lowest BCUT2D eigenvalue weighted by atomic mass is 10.2. The lowest BCUT2D eigenvalue weighted by molar-refractivity contribution is -0.119. The summed E-state index contributed by atoms with van der Waals surface area (Å²) in [6.07, 6.45) is 0. The van der Waals surface area contributed by atoms with Gasteiger partial charge in [0.15, 0.2) is 0 Å². The molecule has 2 heterocycles. The highest BCUT2D eigenvalue weighted by molar-refractivity contribution is 6.00. The molecule has 2 aromatic rings. The van der Waals surface area contributed by atoms with Crippen LogP contribution in [0.1, 0.15) is 0 Å². The molecule has 6 nitrogen and oxygen atoms in total. The van der Waals surface area contributed by atoms with Gasteiger partial charge in [-0.3, -0.25) is 14.6 Å². The molecule has 126 valence electrons. The Hall–Kier alpha value is -2.44. The number of anilines is 3. The van der Waals surface area contributed by atoms with Crippen LogP contribution in [-0.2, 0) is 4.79 Å². The summed E-state index contributed by atoms with van der Waals surface area (Å²) in [5.41, 5.74) is 6.61. The zero-order valence-corrected chi connectivity index (χ0v) is 13.9. The van der Waals surface area contributed by atoms with Gasteiger partial charge in [0.2, 0.25) is 5.91 Å². The first-order chi connectivity index (χ1) is 11.6. The second-order valence-electron chi connectivity index (χ2n) is 6.06. The van der Waals surface area contributed by atoms with Crippen LogP contribution in [0.25, 0.3) is 0 Å². The molecule has 1 aliphatic rings. The molecular formula is C18H23N5O. The average molecular weight is 325 g/mol. The van der Waals surface area contributed by atoms with Crippen molar-refractivity contribution in [3.8, 4) is 0 Å². The van der Waals surface area contributed by atoms with E-state index in [1.807, 2.05) is 42.5 Å². The maximum atomic E-state index is 13.0. The van der Waals surface area contributed by atoms with Crippen molar-refractivity contribution in [2.75, 3.05) is 50.4 Å². The molecule has 0 saturated carbocycles. The van der Waals surface area contributed by atoms with Crippen molar-refractivity contribution in [3.63, 3.8) is 0 Å².